The minimum absolute atomic E-state index is 0.0181. The Bertz CT molecular complexity index is 619. The predicted molar refractivity (Wildman–Crippen MR) is 73.8 cm³/mol. The van der Waals surface area contributed by atoms with E-state index in [0.717, 1.165) is 18.2 Å². The number of carbonyl (C=O) groups is 3. The van der Waals surface area contributed by atoms with E-state index in [1.54, 1.807) is 0 Å². The molecule has 0 heterocycles. The third kappa shape index (κ3) is 3.66. The Morgan fingerprint density at radius 1 is 1.27 bits per heavy atom. The molecule has 1 aliphatic rings. The fourth-order valence-electron chi connectivity index (χ4n) is 2.63. The number of benzene rings is 1. The maximum absolute atomic E-state index is 13.2. The summed E-state index contributed by atoms with van der Waals surface area (Å²) in [5.74, 6) is -4.06. The van der Waals surface area contributed by atoms with Crippen LogP contribution in [0.2, 0.25) is 0 Å². The second-order valence-corrected chi connectivity index (χ2v) is 5.38. The van der Waals surface area contributed by atoms with Gasteiger partial charge >= 0.3 is 0 Å². The molecule has 5 nitrogen and oxygen atoms in total. The van der Waals surface area contributed by atoms with Crippen molar-refractivity contribution in [2.24, 2.45) is 11.7 Å². The van der Waals surface area contributed by atoms with Crippen molar-refractivity contribution in [1.82, 2.24) is 5.32 Å². The Balaban J connectivity index is 2.13. The van der Waals surface area contributed by atoms with Crippen LogP contribution in [0.3, 0.4) is 0 Å². The number of hydrogen-bond acceptors (Lipinski definition) is 3. The molecule has 0 saturated heterocycles. The monoisotopic (exact) mass is 310 g/mol. The molecule has 1 aromatic carbocycles. The Hall–Kier alpha value is -2.31. The van der Waals surface area contributed by atoms with Crippen LogP contribution < -0.4 is 11.1 Å². The lowest BCUT2D eigenvalue weighted by Crippen LogP contribution is -2.50. The molecule has 2 rings (SSSR count). The normalized spacial score (nSPS) is 19.5. The maximum Gasteiger partial charge on any atom is 0.252 e. The molecule has 1 saturated carbocycles. The third-order valence-corrected chi connectivity index (χ3v) is 3.77. The van der Waals surface area contributed by atoms with E-state index in [2.05, 4.69) is 5.32 Å². The van der Waals surface area contributed by atoms with Crippen molar-refractivity contribution in [2.45, 2.75) is 31.7 Å². The average molecular weight is 310 g/mol. The number of ketones is 1. The molecular weight excluding hydrogens is 294 g/mol. The topological polar surface area (TPSA) is 89.3 Å². The molecule has 2 amide bonds. The van der Waals surface area contributed by atoms with Crippen LogP contribution >= 0.6 is 0 Å². The van der Waals surface area contributed by atoms with Crippen LogP contribution in [-0.2, 0) is 9.59 Å². The van der Waals surface area contributed by atoms with Crippen LogP contribution in [0.1, 0.15) is 36.0 Å². The second kappa shape index (κ2) is 6.64. The van der Waals surface area contributed by atoms with Crippen molar-refractivity contribution in [1.29, 1.82) is 0 Å². The van der Waals surface area contributed by atoms with Crippen LogP contribution in [-0.4, -0.2) is 23.6 Å². The molecule has 3 N–H and O–H groups in total. The summed E-state index contributed by atoms with van der Waals surface area (Å²) in [7, 11) is 0. The van der Waals surface area contributed by atoms with Crippen molar-refractivity contribution in [3.05, 3.63) is 35.4 Å². The maximum atomic E-state index is 13.2. The highest BCUT2D eigenvalue weighted by Crippen LogP contribution is 2.24. The van der Waals surface area contributed by atoms with Gasteiger partial charge in [-0.05, 0) is 37.0 Å². The smallest absolute Gasteiger partial charge is 0.252 e. The van der Waals surface area contributed by atoms with Gasteiger partial charge in [0.1, 0.15) is 11.8 Å². The Morgan fingerprint density at radius 3 is 2.59 bits per heavy atom. The molecule has 0 aromatic heterocycles. The van der Waals surface area contributed by atoms with Gasteiger partial charge < -0.3 is 11.1 Å². The predicted octanol–water partition coefficient (Wildman–Crippen LogP) is 1.31. The Labute approximate surface area is 125 Å². The SMILES string of the molecule is NC(=O)[C@@H](NC(=O)c1ccc(F)c(F)c1)[C@H]1CCCC(=O)C1. The minimum Gasteiger partial charge on any atom is -0.368 e. The van der Waals surface area contributed by atoms with Gasteiger partial charge in [-0.25, -0.2) is 8.78 Å². The molecule has 7 heteroatoms. The zero-order valence-electron chi connectivity index (χ0n) is 11.8. The number of rotatable bonds is 4. The molecule has 0 aliphatic heterocycles. The lowest BCUT2D eigenvalue weighted by atomic mass is 9.82. The molecular formula is C15H16F2N2O3. The van der Waals surface area contributed by atoms with Crippen molar-refractivity contribution in [3.63, 3.8) is 0 Å². The summed E-state index contributed by atoms with van der Waals surface area (Å²) < 4.78 is 26.0. The van der Waals surface area contributed by atoms with Gasteiger partial charge in [0.2, 0.25) is 5.91 Å². The van der Waals surface area contributed by atoms with Gasteiger partial charge in [0.15, 0.2) is 11.6 Å². The number of halogens is 2. The summed E-state index contributed by atoms with van der Waals surface area (Å²) in [6.07, 6.45) is 1.86. The summed E-state index contributed by atoms with van der Waals surface area (Å²) in [5, 5.41) is 2.41. The molecule has 0 spiro atoms. The van der Waals surface area contributed by atoms with E-state index in [4.69, 9.17) is 5.73 Å². The van der Waals surface area contributed by atoms with Crippen molar-refractivity contribution in [3.8, 4) is 0 Å². The number of nitrogens with two attached hydrogens (primary N) is 1. The van der Waals surface area contributed by atoms with E-state index in [0.29, 0.717) is 19.3 Å². The lowest BCUT2D eigenvalue weighted by Gasteiger charge is -2.28. The molecule has 0 radical (unpaired) electrons. The molecule has 1 fully saturated rings. The first-order valence-corrected chi connectivity index (χ1v) is 6.95. The number of Topliss-reactive ketones (excluding diaryl/α,β-unsaturated/α-hetero) is 1. The summed E-state index contributed by atoms with van der Waals surface area (Å²) in [6, 6.07) is 1.67. The van der Waals surface area contributed by atoms with Gasteiger partial charge in [-0.2, -0.15) is 0 Å². The van der Waals surface area contributed by atoms with Crippen LogP contribution in [0.15, 0.2) is 18.2 Å². The standard InChI is InChI=1S/C15H16F2N2O3/c16-11-5-4-9(7-12(11)17)15(22)19-13(14(18)21)8-2-1-3-10(20)6-8/h4-5,7-8,13H,1-3,6H2,(H2,18,21)(H,19,22)/t8-,13-/m0/s1. The highest BCUT2D eigenvalue weighted by molar-refractivity contribution is 5.97. The Morgan fingerprint density at radius 2 is 2.00 bits per heavy atom. The second-order valence-electron chi connectivity index (χ2n) is 5.38. The van der Waals surface area contributed by atoms with Gasteiger partial charge in [0, 0.05) is 18.4 Å². The molecule has 1 aromatic rings. The number of primary amides is 1. The molecule has 22 heavy (non-hydrogen) atoms. The lowest BCUT2D eigenvalue weighted by molar-refractivity contribution is -0.124. The first-order chi connectivity index (χ1) is 10.4. The van der Waals surface area contributed by atoms with E-state index in [1.807, 2.05) is 0 Å². The molecule has 0 unspecified atom stereocenters. The van der Waals surface area contributed by atoms with E-state index < -0.39 is 29.5 Å². The number of nitrogens with one attached hydrogen (secondary N) is 1. The van der Waals surface area contributed by atoms with Gasteiger partial charge in [-0.1, -0.05) is 0 Å². The number of carbonyl (C=O) groups excluding carboxylic acids is 3. The first-order valence-electron chi connectivity index (χ1n) is 6.95. The number of hydrogen-bond donors (Lipinski definition) is 2. The first kappa shape index (κ1) is 16.1. The van der Waals surface area contributed by atoms with E-state index in [9.17, 15) is 23.2 Å². The van der Waals surface area contributed by atoms with Crippen LogP contribution in [0.4, 0.5) is 8.78 Å². The summed E-state index contributed by atoms with van der Waals surface area (Å²) >= 11 is 0. The van der Waals surface area contributed by atoms with Gasteiger partial charge in [-0.15, -0.1) is 0 Å². The van der Waals surface area contributed by atoms with Crippen LogP contribution in [0.25, 0.3) is 0 Å². The average Bonchev–Trinajstić information content (AvgIpc) is 2.47. The van der Waals surface area contributed by atoms with E-state index >= 15 is 0 Å². The quantitative estimate of drug-likeness (QED) is 0.878. The highest BCUT2D eigenvalue weighted by atomic mass is 19.2. The van der Waals surface area contributed by atoms with Crippen LogP contribution in [0.5, 0.6) is 0 Å². The van der Waals surface area contributed by atoms with Gasteiger partial charge in [0.05, 0.1) is 0 Å². The molecule has 118 valence electrons. The Kier molecular flexibility index (Phi) is 4.85. The van der Waals surface area contributed by atoms with Crippen molar-refractivity contribution in [2.75, 3.05) is 0 Å². The zero-order valence-corrected chi connectivity index (χ0v) is 11.8. The van der Waals surface area contributed by atoms with Crippen LogP contribution in [0, 0.1) is 17.6 Å². The van der Waals surface area contributed by atoms with Crippen molar-refractivity contribution >= 4 is 17.6 Å². The minimum atomic E-state index is -1.16. The van der Waals surface area contributed by atoms with E-state index in [-0.39, 0.29) is 23.7 Å². The molecule has 2 atom stereocenters. The van der Waals surface area contributed by atoms with Gasteiger partial charge in [0.25, 0.3) is 5.91 Å². The summed E-state index contributed by atoms with van der Waals surface area (Å²) in [6.45, 7) is 0. The summed E-state index contributed by atoms with van der Waals surface area (Å²) in [4.78, 5) is 35.1. The van der Waals surface area contributed by atoms with E-state index in [1.165, 1.54) is 0 Å². The highest BCUT2D eigenvalue weighted by Gasteiger charge is 2.32. The third-order valence-electron chi connectivity index (χ3n) is 3.77. The fraction of sp³-hybridized carbons (Fsp3) is 0.400. The fourth-order valence-corrected chi connectivity index (χ4v) is 2.63. The number of amides is 2. The largest absolute Gasteiger partial charge is 0.368 e. The molecule has 1 aliphatic carbocycles. The zero-order chi connectivity index (χ0) is 16.3. The van der Waals surface area contributed by atoms with Crippen molar-refractivity contribution < 1.29 is 23.2 Å². The van der Waals surface area contributed by atoms with Gasteiger partial charge in [-0.3, -0.25) is 14.4 Å². The summed E-state index contributed by atoms with van der Waals surface area (Å²) in [5.41, 5.74) is 5.18. The molecule has 0 bridgehead atoms.